The predicted molar refractivity (Wildman–Crippen MR) is 92.9 cm³/mol. The molecule has 3 fully saturated rings. The van der Waals surface area contributed by atoms with Gasteiger partial charge in [0.15, 0.2) is 0 Å². The van der Waals surface area contributed by atoms with E-state index in [2.05, 4.69) is 10.2 Å². The van der Waals surface area contributed by atoms with Crippen molar-refractivity contribution in [3.8, 4) is 0 Å². The van der Waals surface area contributed by atoms with Gasteiger partial charge in [-0.2, -0.15) is 0 Å². The van der Waals surface area contributed by atoms with E-state index < -0.39 is 12.2 Å². The molecule has 0 saturated carbocycles. The molecule has 3 heterocycles. The number of ether oxygens (including phenoxy) is 3. The smallest absolute Gasteiger partial charge is 0.317 e. The van der Waals surface area contributed by atoms with Gasteiger partial charge >= 0.3 is 6.03 Å². The molecule has 3 rings (SSSR count). The van der Waals surface area contributed by atoms with E-state index in [9.17, 15) is 15.0 Å². The summed E-state index contributed by atoms with van der Waals surface area (Å²) in [5.41, 5.74) is 0. The van der Waals surface area contributed by atoms with Gasteiger partial charge in [-0.3, -0.25) is 4.90 Å². The third kappa shape index (κ3) is 4.29. The van der Waals surface area contributed by atoms with Gasteiger partial charge in [0, 0.05) is 32.8 Å². The van der Waals surface area contributed by atoms with Gasteiger partial charge in [0.25, 0.3) is 0 Å². The summed E-state index contributed by atoms with van der Waals surface area (Å²) in [6, 6.07) is -0.189. The van der Waals surface area contributed by atoms with Gasteiger partial charge in [-0.25, -0.2) is 4.79 Å². The Hall–Kier alpha value is -0.970. The number of carbonyl (C=O) groups excluding carboxylic acids is 1. The molecule has 5 unspecified atom stereocenters. The van der Waals surface area contributed by atoms with Crippen molar-refractivity contribution in [1.82, 2.24) is 15.1 Å². The summed E-state index contributed by atoms with van der Waals surface area (Å²) < 4.78 is 16.5. The number of methoxy groups -OCH3 is 1. The van der Waals surface area contributed by atoms with Gasteiger partial charge < -0.3 is 34.6 Å². The van der Waals surface area contributed by atoms with Crippen LogP contribution in [0.2, 0.25) is 0 Å². The largest absolute Gasteiger partial charge is 0.394 e. The molecule has 3 aliphatic rings. The third-order valence-electron chi connectivity index (χ3n) is 5.56. The molecule has 9 nitrogen and oxygen atoms in total. The third-order valence-corrected chi connectivity index (χ3v) is 5.56. The lowest BCUT2D eigenvalue weighted by atomic mass is 10.0. The Morgan fingerprint density at radius 3 is 2.73 bits per heavy atom. The Kier molecular flexibility index (Phi) is 7.07. The minimum atomic E-state index is -0.789. The Morgan fingerprint density at radius 2 is 2.04 bits per heavy atom. The normalized spacial score (nSPS) is 35.8. The summed E-state index contributed by atoms with van der Waals surface area (Å²) in [6.45, 7) is 3.75. The average Bonchev–Trinajstić information content (AvgIpc) is 3.24. The molecule has 9 heteroatoms. The Labute approximate surface area is 154 Å². The molecular weight excluding hydrogens is 342 g/mol. The molecule has 0 aromatic rings. The number of morpholine rings is 1. The highest BCUT2D eigenvalue weighted by atomic mass is 16.5. The van der Waals surface area contributed by atoms with Crippen LogP contribution in [0.5, 0.6) is 0 Å². The highest BCUT2D eigenvalue weighted by Crippen LogP contribution is 2.31. The number of aliphatic hydroxyl groups excluding tert-OH is 2. The summed E-state index contributed by atoms with van der Waals surface area (Å²) in [5, 5.41) is 23.1. The van der Waals surface area contributed by atoms with Crippen LogP contribution >= 0.6 is 0 Å². The fourth-order valence-electron chi connectivity index (χ4n) is 4.24. The van der Waals surface area contributed by atoms with E-state index in [0.717, 1.165) is 19.4 Å². The lowest BCUT2D eigenvalue weighted by molar-refractivity contribution is -0.0211. The second-order valence-corrected chi connectivity index (χ2v) is 7.15. The topological polar surface area (TPSA) is 104 Å². The van der Waals surface area contributed by atoms with Crippen molar-refractivity contribution in [1.29, 1.82) is 0 Å². The van der Waals surface area contributed by atoms with Crippen molar-refractivity contribution >= 4 is 6.03 Å². The molecule has 0 aromatic heterocycles. The minimum Gasteiger partial charge on any atom is -0.394 e. The lowest BCUT2D eigenvalue weighted by Gasteiger charge is -2.35. The zero-order valence-corrected chi connectivity index (χ0v) is 15.4. The van der Waals surface area contributed by atoms with Crippen LogP contribution in [-0.4, -0.2) is 116 Å². The number of nitrogens with one attached hydrogen (secondary N) is 1. The number of hydrogen-bond donors (Lipinski definition) is 3. The van der Waals surface area contributed by atoms with Crippen LogP contribution in [0, 0.1) is 0 Å². The number of rotatable bonds is 6. The van der Waals surface area contributed by atoms with Crippen LogP contribution in [0.4, 0.5) is 4.79 Å². The van der Waals surface area contributed by atoms with Crippen LogP contribution in [-0.2, 0) is 14.2 Å². The van der Waals surface area contributed by atoms with Gasteiger partial charge in [-0.15, -0.1) is 0 Å². The van der Waals surface area contributed by atoms with Crippen LogP contribution < -0.4 is 5.32 Å². The van der Waals surface area contributed by atoms with Gasteiger partial charge in [-0.05, 0) is 19.4 Å². The summed E-state index contributed by atoms with van der Waals surface area (Å²) >= 11 is 0. The van der Waals surface area contributed by atoms with Crippen LogP contribution in [0.3, 0.4) is 0 Å². The molecule has 2 amide bonds. The molecular formula is C17H31N3O6. The number of aliphatic hydroxyl groups is 2. The van der Waals surface area contributed by atoms with Crippen LogP contribution in [0.25, 0.3) is 0 Å². The fourth-order valence-corrected chi connectivity index (χ4v) is 4.24. The molecule has 5 atom stereocenters. The number of urea groups is 1. The van der Waals surface area contributed by atoms with E-state index in [1.165, 1.54) is 0 Å². The molecule has 0 bridgehead atoms. The Morgan fingerprint density at radius 1 is 1.27 bits per heavy atom. The molecule has 0 aliphatic carbocycles. The molecule has 0 spiro atoms. The van der Waals surface area contributed by atoms with E-state index in [4.69, 9.17) is 14.2 Å². The first-order valence-electron chi connectivity index (χ1n) is 9.45. The monoisotopic (exact) mass is 373 g/mol. The van der Waals surface area contributed by atoms with Gasteiger partial charge in [0.05, 0.1) is 38.6 Å². The van der Waals surface area contributed by atoms with Gasteiger partial charge in [-0.1, -0.05) is 0 Å². The van der Waals surface area contributed by atoms with Crippen molar-refractivity contribution in [2.75, 3.05) is 59.7 Å². The standard InChI is InChI=1S/C17H31N3O6/c1-24-11-12-3-2-4-20(12)15-13(26-14(10-21)16(15)22)9-18-17(23)19-5-7-25-8-6-19/h12-16,21-22H,2-11H2,1H3,(H,18,23). The van der Waals surface area contributed by atoms with Gasteiger partial charge in [0.2, 0.25) is 0 Å². The molecule has 3 aliphatic heterocycles. The number of amides is 2. The average molecular weight is 373 g/mol. The quantitative estimate of drug-likeness (QED) is 0.528. The van der Waals surface area contributed by atoms with Crippen molar-refractivity contribution < 1.29 is 29.2 Å². The number of nitrogens with zero attached hydrogens (tertiary/aromatic N) is 2. The summed E-state index contributed by atoms with van der Waals surface area (Å²) in [4.78, 5) is 16.3. The first-order valence-corrected chi connectivity index (χ1v) is 9.45. The van der Waals surface area contributed by atoms with Gasteiger partial charge in [0.1, 0.15) is 12.2 Å². The molecule has 26 heavy (non-hydrogen) atoms. The fraction of sp³-hybridized carbons (Fsp3) is 0.941. The molecule has 0 aromatic carbocycles. The van der Waals surface area contributed by atoms with Crippen molar-refractivity contribution in [3.63, 3.8) is 0 Å². The highest BCUT2D eigenvalue weighted by Gasteiger charge is 2.48. The first kappa shape index (κ1) is 19.8. The second kappa shape index (κ2) is 9.29. The SMILES string of the molecule is COCC1CCCN1C1C(CNC(=O)N2CCOCC2)OC(CO)C1O. The maximum Gasteiger partial charge on any atom is 0.317 e. The van der Waals surface area contributed by atoms with E-state index in [1.807, 2.05) is 0 Å². The van der Waals surface area contributed by atoms with Crippen LogP contribution in [0.1, 0.15) is 12.8 Å². The second-order valence-electron chi connectivity index (χ2n) is 7.15. The lowest BCUT2D eigenvalue weighted by Crippen LogP contribution is -2.55. The summed E-state index contributed by atoms with van der Waals surface area (Å²) in [6.07, 6.45) is 0.253. The molecule has 0 radical (unpaired) electrons. The highest BCUT2D eigenvalue weighted by molar-refractivity contribution is 5.74. The summed E-state index contributed by atoms with van der Waals surface area (Å²) in [7, 11) is 1.68. The van der Waals surface area contributed by atoms with E-state index in [1.54, 1.807) is 12.0 Å². The Bertz CT molecular complexity index is 462. The minimum absolute atomic E-state index is 0.146. The zero-order chi connectivity index (χ0) is 18.5. The molecule has 3 saturated heterocycles. The maximum atomic E-state index is 12.3. The van der Waals surface area contributed by atoms with Crippen molar-refractivity contribution in [2.24, 2.45) is 0 Å². The number of carbonyl (C=O) groups is 1. The van der Waals surface area contributed by atoms with E-state index in [-0.39, 0.29) is 30.8 Å². The van der Waals surface area contributed by atoms with Crippen molar-refractivity contribution in [3.05, 3.63) is 0 Å². The first-order chi connectivity index (χ1) is 12.7. The zero-order valence-electron chi connectivity index (χ0n) is 15.4. The van der Waals surface area contributed by atoms with Crippen molar-refractivity contribution in [2.45, 2.75) is 43.2 Å². The van der Waals surface area contributed by atoms with E-state index in [0.29, 0.717) is 39.5 Å². The van der Waals surface area contributed by atoms with E-state index >= 15 is 0 Å². The molecule has 3 N–H and O–H groups in total. The predicted octanol–water partition coefficient (Wildman–Crippen LogP) is -1.37. The maximum absolute atomic E-state index is 12.3. The summed E-state index contributed by atoms with van der Waals surface area (Å²) in [5.74, 6) is 0. The number of likely N-dealkylation sites (tertiary alicyclic amines) is 1. The van der Waals surface area contributed by atoms with Crippen LogP contribution in [0.15, 0.2) is 0 Å². The number of hydrogen-bond acceptors (Lipinski definition) is 7. The Balaban J connectivity index is 1.62. The molecule has 150 valence electrons.